The van der Waals surface area contributed by atoms with Crippen molar-refractivity contribution in [2.75, 3.05) is 52.5 Å². The van der Waals surface area contributed by atoms with E-state index in [9.17, 15) is 18.0 Å². The van der Waals surface area contributed by atoms with E-state index in [2.05, 4.69) is 15.0 Å². The van der Waals surface area contributed by atoms with Crippen molar-refractivity contribution < 1.29 is 22.7 Å². The van der Waals surface area contributed by atoms with E-state index < -0.39 is 12.8 Å². The average molecular weight is 295 g/mol. The molecular formula is C12H20F3N3O2. The van der Waals surface area contributed by atoms with Gasteiger partial charge in [0.15, 0.2) is 0 Å². The molecule has 2 heterocycles. The van der Waals surface area contributed by atoms with Gasteiger partial charge in [-0.3, -0.25) is 9.69 Å². The van der Waals surface area contributed by atoms with E-state index in [1.807, 2.05) is 0 Å². The third-order valence-electron chi connectivity index (χ3n) is 3.61. The summed E-state index contributed by atoms with van der Waals surface area (Å²) in [7, 11) is 0. The number of ether oxygens (including phenoxy) is 1. The van der Waals surface area contributed by atoms with Gasteiger partial charge in [-0.05, 0) is 0 Å². The maximum absolute atomic E-state index is 11.8. The molecule has 116 valence electrons. The molecule has 5 nitrogen and oxygen atoms in total. The molecule has 8 heteroatoms. The van der Waals surface area contributed by atoms with E-state index in [0.29, 0.717) is 19.1 Å². The number of nitrogens with one attached hydrogen (secondary N) is 1. The second-order valence-corrected chi connectivity index (χ2v) is 5.16. The van der Waals surface area contributed by atoms with Gasteiger partial charge in [0.1, 0.15) is 6.61 Å². The molecule has 0 aromatic rings. The van der Waals surface area contributed by atoms with Gasteiger partial charge in [0.2, 0.25) is 5.91 Å². The van der Waals surface area contributed by atoms with Gasteiger partial charge in [0.25, 0.3) is 0 Å². The van der Waals surface area contributed by atoms with Crippen LogP contribution in [0.5, 0.6) is 0 Å². The molecule has 0 aliphatic carbocycles. The zero-order chi connectivity index (χ0) is 14.6. The van der Waals surface area contributed by atoms with E-state index in [0.717, 1.165) is 26.2 Å². The molecule has 2 aliphatic rings. The van der Waals surface area contributed by atoms with Gasteiger partial charge in [-0.1, -0.05) is 0 Å². The Morgan fingerprint density at radius 1 is 1.25 bits per heavy atom. The van der Waals surface area contributed by atoms with Crippen LogP contribution >= 0.6 is 0 Å². The summed E-state index contributed by atoms with van der Waals surface area (Å²) in [6.07, 6.45) is -4.31. The Kier molecular flexibility index (Phi) is 5.22. The Balaban J connectivity index is 1.57. The first kappa shape index (κ1) is 15.5. The van der Waals surface area contributed by atoms with Crippen molar-refractivity contribution in [1.82, 2.24) is 15.1 Å². The van der Waals surface area contributed by atoms with E-state index in [1.165, 1.54) is 0 Å². The quantitative estimate of drug-likeness (QED) is 0.729. The van der Waals surface area contributed by atoms with Crippen molar-refractivity contribution in [3.8, 4) is 0 Å². The summed E-state index contributed by atoms with van der Waals surface area (Å²) in [5.41, 5.74) is 0. The van der Waals surface area contributed by atoms with Crippen LogP contribution in [0.15, 0.2) is 0 Å². The fraction of sp³-hybridized carbons (Fsp3) is 0.917. The van der Waals surface area contributed by atoms with Gasteiger partial charge >= 0.3 is 6.18 Å². The molecule has 0 saturated carbocycles. The number of alkyl halides is 3. The summed E-state index contributed by atoms with van der Waals surface area (Å²) in [4.78, 5) is 15.7. The highest BCUT2D eigenvalue weighted by Gasteiger charge is 2.35. The maximum Gasteiger partial charge on any atom is 0.411 e. The second kappa shape index (κ2) is 6.73. The Bertz CT molecular complexity index is 326. The normalized spacial score (nSPS) is 21.9. The first-order valence-corrected chi connectivity index (χ1v) is 6.83. The molecule has 1 amide bonds. The van der Waals surface area contributed by atoms with Gasteiger partial charge in [-0.2, -0.15) is 13.2 Å². The Labute approximate surface area is 116 Å². The second-order valence-electron chi connectivity index (χ2n) is 5.16. The molecule has 2 saturated heterocycles. The Morgan fingerprint density at radius 3 is 2.50 bits per heavy atom. The lowest BCUT2D eigenvalue weighted by atomic mass is 10.1. The van der Waals surface area contributed by atoms with Crippen LogP contribution < -0.4 is 5.32 Å². The molecule has 0 bridgehead atoms. The van der Waals surface area contributed by atoms with Gasteiger partial charge < -0.3 is 15.0 Å². The minimum atomic E-state index is -4.33. The number of piperazine rings is 1. The molecule has 2 rings (SSSR count). The zero-order valence-corrected chi connectivity index (χ0v) is 11.3. The van der Waals surface area contributed by atoms with Crippen LogP contribution in [0.25, 0.3) is 0 Å². The molecule has 0 unspecified atom stereocenters. The number of nitrogens with zero attached hydrogens (tertiary/aromatic N) is 2. The lowest BCUT2D eigenvalue weighted by Crippen LogP contribution is -2.63. The molecule has 0 radical (unpaired) electrons. The predicted molar refractivity (Wildman–Crippen MR) is 66.3 cm³/mol. The maximum atomic E-state index is 11.8. The first-order valence-electron chi connectivity index (χ1n) is 6.83. The highest BCUT2D eigenvalue weighted by atomic mass is 19.4. The van der Waals surface area contributed by atoms with E-state index in [4.69, 9.17) is 0 Å². The van der Waals surface area contributed by atoms with Crippen molar-refractivity contribution >= 4 is 5.91 Å². The third-order valence-corrected chi connectivity index (χ3v) is 3.61. The first-order chi connectivity index (χ1) is 9.46. The average Bonchev–Trinajstić information content (AvgIpc) is 2.33. The molecule has 0 atom stereocenters. The van der Waals surface area contributed by atoms with Crippen molar-refractivity contribution in [2.45, 2.75) is 18.6 Å². The SMILES string of the molecule is O=C(CCOCC(F)(F)F)N1CC(N2CCNCC2)C1. The van der Waals surface area contributed by atoms with Crippen molar-refractivity contribution in [3.05, 3.63) is 0 Å². The lowest BCUT2D eigenvalue weighted by molar-refractivity contribution is -0.175. The third kappa shape index (κ3) is 4.60. The van der Waals surface area contributed by atoms with Crippen LogP contribution in [0.1, 0.15) is 6.42 Å². The van der Waals surface area contributed by atoms with E-state index in [-0.39, 0.29) is 18.9 Å². The smallest absolute Gasteiger partial charge is 0.372 e. The fourth-order valence-electron chi connectivity index (χ4n) is 2.44. The number of rotatable bonds is 5. The van der Waals surface area contributed by atoms with Crippen LogP contribution in [0.2, 0.25) is 0 Å². The summed E-state index contributed by atoms with van der Waals surface area (Å²) < 4.78 is 40.0. The molecule has 2 aliphatic heterocycles. The summed E-state index contributed by atoms with van der Waals surface area (Å²) in [5, 5.41) is 3.27. The van der Waals surface area contributed by atoms with Crippen LogP contribution in [0.3, 0.4) is 0 Å². The topological polar surface area (TPSA) is 44.8 Å². The molecule has 2 fully saturated rings. The Morgan fingerprint density at radius 2 is 1.90 bits per heavy atom. The summed E-state index contributed by atoms with van der Waals surface area (Å²) in [6.45, 7) is 3.81. The molecule has 0 aromatic heterocycles. The molecule has 20 heavy (non-hydrogen) atoms. The number of amides is 1. The number of hydrogen-bond acceptors (Lipinski definition) is 4. The highest BCUT2D eigenvalue weighted by molar-refractivity contribution is 5.77. The van der Waals surface area contributed by atoms with Gasteiger partial charge in [0, 0.05) is 45.3 Å². The predicted octanol–water partition coefficient (Wildman–Crippen LogP) is 0.0714. The summed E-state index contributed by atoms with van der Waals surface area (Å²) in [6, 6.07) is 0.400. The number of carbonyl (C=O) groups excluding carboxylic acids is 1. The Hall–Kier alpha value is -0.860. The summed E-state index contributed by atoms with van der Waals surface area (Å²) in [5.74, 6) is -0.126. The monoisotopic (exact) mass is 295 g/mol. The molecule has 0 aromatic carbocycles. The van der Waals surface area contributed by atoms with Gasteiger partial charge in [0.05, 0.1) is 13.0 Å². The van der Waals surface area contributed by atoms with Gasteiger partial charge in [-0.25, -0.2) is 0 Å². The van der Waals surface area contributed by atoms with E-state index >= 15 is 0 Å². The van der Waals surface area contributed by atoms with Crippen LogP contribution in [0, 0.1) is 0 Å². The lowest BCUT2D eigenvalue weighted by Gasteiger charge is -2.46. The summed E-state index contributed by atoms with van der Waals surface area (Å²) >= 11 is 0. The highest BCUT2D eigenvalue weighted by Crippen LogP contribution is 2.17. The number of carbonyl (C=O) groups is 1. The van der Waals surface area contributed by atoms with Crippen molar-refractivity contribution in [1.29, 1.82) is 0 Å². The minimum Gasteiger partial charge on any atom is -0.372 e. The zero-order valence-electron chi connectivity index (χ0n) is 11.3. The van der Waals surface area contributed by atoms with Gasteiger partial charge in [-0.15, -0.1) is 0 Å². The van der Waals surface area contributed by atoms with Crippen LogP contribution in [-0.4, -0.2) is 80.4 Å². The number of hydrogen-bond donors (Lipinski definition) is 1. The minimum absolute atomic E-state index is 0.0182. The molecule has 0 spiro atoms. The number of halogens is 3. The van der Waals surface area contributed by atoms with Crippen molar-refractivity contribution in [2.24, 2.45) is 0 Å². The fourth-order valence-corrected chi connectivity index (χ4v) is 2.44. The largest absolute Gasteiger partial charge is 0.411 e. The van der Waals surface area contributed by atoms with Crippen LogP contribution in [-0.2, 0) is 9.53 Å². The van der Waals surface area contributed by atoms with Crippen molar-refractivity contribution in [3.63, 3.8) is 0 Å². The van der Waals surface area contributed by atoms with E-state index in [1.54, 1.807) is 4.90 Å². The molecular weight excluding hydrogens is 275 g/mol. The molecule has 1 N–H and O–H groups in total. The number of likely N-dealkylation sites (tertiary alicyclic amines) is 1. The van der Waals surface area contributed by atoms with Crippen LogP contribution in [0.4, 0.5) is 13.2 Å². The standard InChI is InChI=1S/C12H20F3N3O2/c13-12(14,15)9-20-6-1-11(19)18-7-10(8-18)17-4-2-16-3-5-17/h10,16H,1-9H2.